The van der Waals surface area contributed by atoms with Crippen molar-refractivity contribution in [3.8, 4) is 11.8 Å². The van der Waals surface area contributed by atoms with E-state index in [4.69, 9.17) is 26.3 Å². The predicted octanol–water partition coefficient (Wildman–Crippen LogP) is 2.32. The molecule has 0 aromatic heterocycles. The Labute approximate surface area is 134 Å². The first-order chi connectivity index (χ1) is 10.6. The average molecular weight is 324 g/mol. The fourth-order valence-electron chi connectivity index (χ4n) is 1.58. The van der Waals surface area contributed by atoms with Gasteiger partial charge in [0.1, 0.15) is 17.4 Å². The van der Waals surface area contributed by atoms with Crippen LogP contribution in [-0.2, 0) is 9.53 Å². The van der Waals surface area contributed by atoms with Crippen molar-refractivity contribution in [3.63, 3.8) is 0 Å². The fraction of sp³-hybridized carbons (Fsp3) is 0.333. The summed E-state index contributed by atoms with van der Waals surface area (Å²) >= 11 is 5.98. The molecule has 22 heavy (non-hydrogen) atoms. The minimum Gasteiger partial charge on any atom is -0.495 e. The highest BCUT2D eigenvalue weighted by atomic mass is 35.5. The summed E-state index contributed by atoms with van der Waals surface area (Å²) in [5, 5.41) is 14.9. The second-order valence-electron chi connectivity index (χ2n) is 4.27. The van der Waals surface area contributed by atoms with Crippen LogP contribution in [-0.4, -0.2) is 33.3 Å². The minimum absolute atomic E-state index is 0.0237. The fourth-order valence-corrected chi connectivity index (χ4v) is 1.84. The molecule has 1 amide bonds. The van der Waals surface area contributed by atoms with Crippen molar-refractivity contribution >= 4 is 23.2 Å². The van der Waals surface area contributed by atoms with Gasteiger partial charge < -0.3 is 20.1 Å². The van der Waals surface area contributed by atoms with Crippen molar-refractivity contribution < 1.29 is 14.3 Å². The number of benzene rings is 1. The molecule has 0 heterocycles. The van der Waals surface area contributed by atoms with Crippen LogP contribution in [0.4, 0.5) is 5.69 Å². The van der Waals surface area contributed by atoms with E-state index in [1.807, 2.05) is 6.07 Å². The van der Waals surface area contributed by atoms with E-state index in [1.54, 1.807) is 25.3 Å². The Morgan fingerprint density at radius 2 is 2.23 bits per heavy atom. The highest BCUT2D eigenvalue weighted by molar-refractivity contribution is 6.32. The second kappa shape index (κ2) is 9.66. The van der Waals surface area contributed by atoms with Crippen molar-refractivity contribution in [2.45, 2.75) is 6.42 Å². The van der Waals surface area contributed by atoms with Crippen LogP contribution in [0.15, 0.2) is 30.0 Å². The van der Waals surface area contributed by atoms with E-state index in [9.17, 15) is 4.79 Å². The van der Waals surface area contributed by atoms with E-state index in [-0.39, 0.29) is 5.57 Å². The number of carbonyl (C=O) groups excluding carboxylic acids is 1. The predicted molar refractivity (Wildman–Crippen MR) is 84.8 cm³/mol. The van der Waals surface area contributed by atoms with Gasteiger partial charge in [-0.25, -0.2) is 0 Å². The SMILES string of the molecule is COCCCN/C=C(/C#N)C(=O)Nc1ccc(OC)c(Cl)c1. The molecule has 0 bridgehead atoms. The maximum atomic E-state index is 12.0. The Kier molecular flexibility index (Phi) is 7.83. The van der Waals surface area contributed by atoms with Crippen molar-refractivity contribution in [1.29, 1.82) is 5.26 Å². The van der Waals surface area contributed by atoms with Gasteiger partial charge in [0, 0.05) is 32.1 Å². The third-order valence-corrected chi connectivity index (χ3v) is 2.99. The normalized spacial score (nSPS) is 10.7. The molecule has 0 aliphatic rings. The molecule has 1 rings (SSSR count). The topological polar surface area (TPSA) is 83.4 Å². The summed E-state index contributed by atoms with van der Waals surface area (Å²) in [6.45, 7) is 1.22. The molecule has 0 aliphatic carbocycles. The van der Waals surface area contributed by atoms with Crippen LogP contribution in [0.3, 0.4) is 0 Å². The van der Waals surface area contributed by atoms with E-state index >= 15 is 0 Å². The molecular weight excluding hydrogens is 306 g/mol. The Morgan fingerprint density at radius 1 is 1.45 bits per heavy atom. The molecule has 1 aromatic carbocycles. The number of carbonyl (C=O) groups is 1. The number of ether oxygens (including phenoxy) is 2. The maximum Gasteiger partial charge on any atom is 0.267 e. The molecular formula is C15H18ClN3O3. The van der Waals surface area contributed by atoms with Crippen LogP contribution in [0, 0.1) is 11.3 Å². The molecule has 2 N–H and O–H groups in total. The number of amides is 1. The third-order valence-electron chi connectivity index (χ3n) is 2.69. The Hall–Kier alpha value is -2.23. The number of hydrogen-bond acceptors (Lipinski definition) is 5. The molecule has 7 heteroatoms. The lowest BCUT2D eigenvalue weighted by Gasteiger charge is -2.08. The number of nitrogens with one attached hydrogen (secondary N) is 2. The molecule has 0 radical (unpaired) electrons. The molecule has 0 fully saturated rings. The minimum atomic E-state index is -0.511. The first kappa shape index (κ1) is 17.8. The van der Waals surface area contributed by atoms with Crippen LogP contribution >= 0.6 is 11.6 Å². The molecule has 1 aromatic rings. The molecule has 0 saturated carbocycles. The van der Waals surface area contributed by atoms with E-state index < -0.39 is 5.91 Å². The van der Waals surface area contributed by atoms with Crippen LogP contribution < -0.4 is 15.4 Å². The number of rotatable bonds is 8. The number of methoxy groups -OCH3 is 2. The summed E-state index contributed by atoms with van der Waals surface area (Å²) in [5.41, 5.74) is 0.459. The maximum absolute atomic E-state index is 12.0. The Balaban J connectivity index is 2.63. The van der Waals surface area contributed by atoms with Gasteiger partial charge in [0.15, 0.2) is 0 Å². The molecule has 0 unspecified atom stereocenters. The van der Waals surface area contributed by atoms with Crippen molar-refractivity contribution in [3.05, 3.63) is 35.0 Å². The Morgan fingerprint density at radius 3 is 2.82 bits per heavy atom. The molecule has 0 spiro atoms. The lowest BCUT2D eigenvalue weighted by molar-refractivity contribution is -0.112. The summed E-state index contributed by atoms with van der Waals surface area (Å²) in [6, 6.07) is 6.68. The van der Waals surface area contributed by atoms with Crippen LogP contribution in [0.1, 0.15) is 6.42 Å². The largest absolute Gasteiger partial charge is 0.495 e. The zero-order chi connectivity index (χ0) is 16.4. The van der Waals surface area contributed by atoms with Gasteiger partial charge in [-0.05, 0) is 24.6 Å². The summed E-state index contributed by atoms with van der Waals surface area (Å²) in [7, 11) is 3.12. The number of halogens is 1. The van der Waals surface area contributed by atoms with Crippen molar-refractivity contribution in [2.75, 3.05) is 32.7 Å². The number of nitriles is 1. The van der Waals surface area contributed by atoms with E-state index in [0.717, 1.165) is 6.42 Å². The highest BCUT2D eigenvalue weighted by Crippen LogP contribution is 2.27. The van der Waals surface area contributed by atoms with Crippen molar-refractivity contribution in [2.24, 2.45) is 0 Å². The highest BCUT2D eigenvalue weighted by Gasteiger charge is 2.10. The molecule has 0 saturated heterocycles. The number of hydrogen-bond donors (Lipinski definition) is 2. The van der Waals surface area contributed by atoms with Crippen LogP contribution in [0.5, 0.6) is 5.75 Å². The third kappa shape index (κ3) is 5.64. The summed E-state index contributed by atoms with van der Waals surface area (Å²) in [4.78, 5) is 12.0. The lowest BCUT2D eigenvalue weighted by atomic mass is 10.2. The van der Waals surface area contributed by atoms with E-state index in [2.05, 4.69) is 10.6 Å². The van der Waals surface area contributed by atoms with Gasteiger partial charge in [-0.15, -0.1) is 0 Å². The van der Waals surface area contributed by atoms with Gasteiger partial charge in [-0.2, -0.15) is 5.26 Å². The van der Waals surface area contributed by atoms with Crippen LogP contribution in [0.25, 0.3) is 0 Å². The monoisotopic (exact) mass is 323 g/mol. The van der Waals surface area contributed by atoms with Gasteiger partial charge in [0.05, 0.1) is 12.1 Å². The zero-order valence-corrected chi connectivity index (χ0v) is 13.2. The smallest absolute Gasteiger partial charge is 0.267 e. The van der Waals surface area contributed by atoms with Gasteiger partial charge in [-0.3, -0.25) is 4.79 Å². The van der Waals surface area contributed by atoms with Gasteiger partial charge in [0.25, 0.3) is 5.91 Å². The first-order valence-corrected chi connectivity index (χ1v) is 6.97. The molecule has 6 nitrogen and oxygen atoms in total. The standard InChI is InChI=1S/C15H18ClN3O3/c1-21-7-3-6-18-10-11(9-17)15(20)19-12-4-5-14(22-2)13(16)8-12/h4-5,8,10,18H,3,6-7H2,1-2H3,(H,19,20)/b11-10-. The zero-order valence-electron chi connectivity index (χ0n) is 12.5. The van der Waals surface area contributed by atoms with Gasteiger partial charge in [-0.1, -0.05) is 11.6 Å². The molecule has 0 aliphatic heterocycles. The van der Waals surface area contributed by atoms with Gasteiger partial charge >= 0.3 is 0 Å². The molecule has 0 atom stereocenters. The summed E-state index contributed by atoms with van der Waals surface area (Å²) in [5.74, 6) is -0.00139. The number of anilines is 1. The van der Waals surface area contributed by atoms with E-state index in [1.165, 1.54) is 13.3 Å². The van der Waals surface area contributed by atoms with E-state index in [0.29, 0.717) is 29.6 Å². The summed E-state index contributed by atoms with van der Waals surface area (Å²) in [6.07, 6.45) is 2.16. The van der Waals surface area contributed by atoms with Crippen LogP contribution in [0.2, 0.25) is 5.02 Å². The second-order valence-corrected chi connectivity index (χ2v) is 4.68. The van der Waals surface area contributed by atoms with Crippen molar-refractivity contribution in [1.82, 2.24) is 5.32 Å². The first-order valence-electron chi connectivity index (χ1n) is 6.59. The number of nitrogens with zero attached hydrogens (tertiary/aromatic N) is 1. The van der Waals surface area contributed by atoms with Gasteiger partial charge in [0.2, 0.25) is 0 Å². The Bertz CT molecular complexity index is 582. The molecule has 118 valence electrons. The summed E-state index contributed by atoms with van der Waals surface area (Å²) < 4.78 is 9.93. The quantitative estimate of drug-likeness (QED) is 0.436. The average Bonchev–Trinajstić information content (AvgIpc) is 2.51. The lowest BCUT2D eigenvalue weighted by Crippen LogP contribution is -2.17.